The third-order valence-electron chi connectivity index (χ3n) is 4.52. The van der Waals surface area contributed by atoms with Crippen molar-refractivity contribution in [3.8, 4) is 0 Å². The molecule has 7 heteroatoms. The van der Waals surface area contributed by atoms with Gasteiger partial charge in [0, 0.05) is 17.3 Å². The Bertz CT molecular complexity index is 957. The minimum Gasteiger partial charge on any atom is -0.364 e. The molecule has 2 aromatic carbocycles. The number of amidine groups is 1. The van der Waals surface area contributed by atoms with Gasteiger partial charge in [0.25, 0.3) is 10.0 Å². The predicted octanol–water partition coefficient (Wildman–Crippen LogP) is 3.70. The molecule has 2 aliphatic rings. The number of aryl methyl sites for hydroxylation is 1. The maximum Gasteiger partial charge on any atom is 0.286 e. The number of halogens is 1. The lowest BCUT2D eigenvalue weighted by molar-refractivity contribution is 0.597. The van der Waals surface area contributed by atoms with E-state index in [1.165, 1.54) is 5.56 Å². The molecule has 0 fully saturated rings. The fourth-order valence-electron chi connectivity index (χ4n) is 3.38. The van der Waals surface area contributed by atoms with Crippen LogP contribution in [0.1, 0.15) is 18.4 Å². The van der Waals surface area contributed by atoms with E-state index in [1.807, 2.05) is 24.3 Å². The molecule has 2 aromatic rings. The quantitative estimate of drug-likeness (QED) is 0.869. The van der Waals surface area contributed by atoms with E-state index in [0.717, 1.165) is 36.5 Å². The van der Waals surface area contributed by atoms with Gasteiger partial charge in [0.05, 0.1) is 12.2 Å². The Labute approximate surface area is 152 Å². The third kappa shape index (κ3) is 3.24. The van der Waals surface area contributed by atoms with Crippen molar-refractivity contribution in [1.29, 1.82) is 0 Å². The number of fused-ring (bicyclic) bond motifs is 2. The van der Waals surface area contributed by atoms with E-state index in [9.17, 15) is 8.42 Å². The summed E-state index contributed by atoms with van der Waals surface area (Å²) in [7, 11) is -3.66. The zero-order chi connectivity index (χ0) is 17.4. The number of sulfonamides is 1. The van der Waals surface area contributed by atoms with E-state index < -0.39 is 10.0 Å². The monoisotopic (exact) mass is 375 g/mol. The number of rotatable bonds is 2. The summed E-state index contributed by atoms with van der Waals surface area (Å²) in [6.07, 6.45) is 3.11. The van der Waals surface area contributed by atoms with Gasteiger partial charge in [-0.3, -0.25) is 0 Å². The maximum atomic E-state index is 12.4. The van der Waals surface area contributed by atoms with E-state index in [4.69, 9.17) is 11.6 Å². The highest BCUT2D eigenvalue weighted by Gasteiger charge is 2.26. The molecule has 130 valence electrons. The largest absolute Gasteiger partial charge is 0.364 e. The molecule has 0 aromatic heterocycles. The van der Waals surface area contributed by atoms with Crippen LogP contribution in [0.2, 0.25) is 5.02 Å². The second-order valence-electron chi connectivity index (χ2n) is 6.29. The van der Waals surface area contributed by atoms with Crippen LogP contribution in [0.5, 0.6) is 0 Å². The van der Waals surface area contributed by atoms with Gasteiger partial charge in [-0.1, -0.05) is 23.7 Å². The van der Waals surface area contributed by atoms with Crippen molar-refractivity contribution >= 4 is 38.8 Å². The van der Waals surface area contributed by atoms with Crippen LogP contribution in [0.15, 0.2) is 51.8 Å². The first-order chi connectivity index (χ1) is 12.0. The Morgan fingerprint density at radius 1 is 1.16 bits per heavy atom. The average Bonchev–Trinajstić information content (AvgIpc) is 2.76. The number of hydrogen-bond acceptors (Lipinski definition) is 4. The number of hydrogen-bond donors (Lipinski definition) is 1. The summed E-state index contributed by atoms with van der Waals surface area (Å²) in [6, 6.07) is 12.7. The molecular formula is C18H18ClN3O2S. The van der Waals surface area contributed by atoms with Gasteiger partial charge in [0.2, 0.25) is 0 Å². The van der Waals surface area contributed by atoms with Crippen molar-refractivity contribution in [3.63, 3.8) is 0 Å². The van der Waals surface area contributed by atoms with Gasteiger partial charge in [-0.2, -0.15) is 8.42 Å². The van der Waals surface area contributed by atoms with Crippen molar-refractivity contribution in [2.45, 2.75) is 24.2 Å². The standard InChI is InChI=1S/C18H18ClN3O2S/c19-14-8-9-16-13(11-14)5-3-4-10-22(16)12-18-20-15-6-1-2-7-17(15)25(23,24)21-18/h1-2,6-9,11H,3-5,10,12H2,(H,20,21). The molecule has 0 radical (unpaired) electrons. The van der Waals surface area contributed by atoms with Crippen LogP contribution in [0.4, 0.5) is 11.4 Å². The first-order valence-corrected chi connectivity index (χ1v) is 10.1. The minimum atomic E-state index is -3.66. The van der Waals surface area contributed by atoms with Crippen LogP contribution in [0, 0.1) is 0 Å². The SMILES string of the molecule is O=S1(=O)N=C(CN2CCCCc3cc(Cl)ccc32)Nc2ccccc21. The molecule has 0 saturated carbocycles. The van der Waals surface area contributed by atoms with Crippen LogP contribution < -0.4 is 10.2 Å². The topological polar surface area (TPSA) is 61.8 Å². The summed E-state index contributed by atoms with van der Waals surface area (Å²) in [4.78, 5) is 2.40. The Hall–Kier alpha value is -2.05. The minimum absolute atomic E-state index is 0.224. The molecule has 0 bridgehead atoms. The van der Waals surface area contributed by atoms with E-state index in [1.54, 1.807) is 18.2 Å². The van der Waals surface area contributed by atoms with Gasteiger partial charge < -0.3 is 10.2 Å². The summed E-state index contributed by atoms with van der Waals surface area (Å²) in [5, 5.41) is 3.89. The Morgan fingerprint density at radius 2 is 2.00 bits per heavy atom. The lowest BCUT2D eigenvalue weighted by Crippen LogP contribution is -2.36. The highest BCUT2D eigenvalue weighted by atomic mass is 35.5. The van der Waals surface area contributed by atoms with Crippen molar-refractivity contribution < 1.29 is 8.42 Å². The second kappa shape index (κ2) is 6.35. The second-order valence-corrected chi connectivity index (χ2v) is 8.29. The molecule has 0 atom stereocenters. The summed E-state index contributed by atoms with van der Waals surface area (Å²) in [6.45, 7) is 1.28. The molecule has 2 heterocycles. The smallest absolute Gasteiger partial charge is 0.286 e. The van der Waals surface area contributed by atoms with Crippen molar-refractivity contribution in [2.24, 2.45) is 4.40 Å². The summed E-state index contributed by atoms with van der Waals surface area (Å²) >= 11 is 6.13. The van der Waals surface area contributed by atoms with Gasteiger partial charge in [-0.15, -0.1) is 4.40 Å². The van der Waals surface area contributed by atoms with Crippen molar-refractivity contribution in [1.82, 2.24) is 0 Å². The molecule has 25 heavy (non-hydrogen) atoms. The van der Waals surface area contributed by atoms with Crippen LogP contribution in [-0.4, -0.2) is 27.3 Å². The Kier molecular flexibility index (Phi) is 4.17. The molecule has 1 N–H and O–H groups in total. The summed E-state index contributed by atoms with van der Waals surface area (Å²) < 4.78 is 28.8. The van der Waals surface area contributed by atoms with E-state index >= 15 is 0 Å². The lowest BCUT2D eigenvalue weighted by atomic mass is 10.1. The van der Waals surface area contributed by atoms with Crippen molar-refractivity contribution in [3.05, 3.63) is 53.1 Å². The van der Waals surface area contributed by atoms with E-state index in [2.05, 4.69) is 14.6 Å². The first kappa shape index (κ1) is 16.4. The number of benzene rings is 2. The van der Waals surface area contributed by atoms with Gasteiger partial charge >= 0.3 is 0 Å². The van der Waals surface area contributed by atoms with Crippen LogP contribution >= 0.6 is 11.6 Å². The molecule has 2 aliphatic heterocycles. The van der Waals surface area contributed by atoms with Crippen LogP contribution in [-0.2, 0) is 16.4 Å². The normalized spacial score (nSPS) is 18.4. The molecule has 0 aliphatic carbocycles. The zero-order valence-electron chi connectivity index (χ0n) is 13.6. The first-order valence-electron chi connectivity index (χ1n) is 8.26. The summed E-state index contributed by atoms with van der Waals surface area (Å²) in [5.74, 6) is 0.446. The highest BCUT2D eigenvalue weighted by molar-refractivity contribution is 7.90. The molecule has 0 unspecified atom stereocenters. The van der Waals surface area contributed by atoms with Gasteiger partial charge in [0.1, 0.15) is 10.7 Å². The van der Waals surface area contributed by atoms with Crippen molar-refractivity contribution in [2.75, 3.05) is 23.3 Å². The average molecular weight is 376 g/mol. The van der Waals surface area contributed by atoms with E-state index in [0.29, 0.717) is 18.1 Å². The fourth-order valence-corrected chi connectivity index (χ4v) is 4.72. The van der Waals surface area contributed by atoms with Gasteiger partial charge in [-0.05, 0) is 55.2 Å². The number of nitrogens with zero attached hydrogens (tertiary/aromatic N) is 2. The molecular weight excluding hydrogens is 358 g/mol. The van der Waals surface area contributed by atoms with Crippen LogP contribution in [0.3, 0.4) is 0 Å². The molecule has 4 rings (SSSR count). The predicted molar refractivity (Wildman–Crippen MR) is 101 cm³/mol. The lowest BCUT2D eigenvalue weighted by Gasteiger charge is -2.27. The Balaban J connectivity index is 1.66. The molecule has 0 spiro atoms. The third-order valence-corrected chi connectivity index (χ3v) is 6.13. The molecule has 5 nitrogen and oxygen atoms in total. The summed E-state index contributed by atoms with van der Waals surface area (Å²) in [5.41, 5.74) is 2.88. The Morgan fingerprint density at radius 3 is 2.88 bits per heavy atom. The molecule has 0 amide bonds. The van der Waals surface area contributed by atoms with Gasteiger partial charge in [-0.25, -0.2) is 0 Å². The zero-order valence-corrected chi connectivity index (χ0v) is 15.1. The molecule has 0 saturated heterocycles. The van der Waals surface area contributed by atoms with Crippen LogP contribution in [0.25, 0.3) is 0 Å². The fraction of sp³-hybridized carbons (Fsp3) is 0.278. The number of nitrogens with one attached hydrogen (secondary N) is 1. The van der Waals surface area contributed by atoms with E-state index in [-0.39, 0.29) is 4.90 Å². The van der Waals surface area contributed by atoms with Gasteiger partial charge in [0.15, 0.2) is 0 Å². The maximum absolute atomic E-state index is 12.4. The highest BCUT2D eigenvalue weighted by Crippen LogP contribution is 2.30. The number of para-hydroxylation sites is 1. The number of anilines is 2.